The van der Waals surface area contributed by atoms with E-state index in [9.17, 15) is 4.79 Å². The van der Waals surface area contributed by atoms with E-state index in [0.29, 0.717) is 5.56 Å². The Balaban J connectivity index is 1.63. The highest BCUT2D eigenvalue weighted by Gasteiger charge is 2.14. The maximum atomic E-state index is 12.0. The molecule has 2 aromatic rings. The van der Waals surface area contributed by atoms with Gasteiger partial charge >= 0.3 is 0 Å². The Morgan fingerprint density at radius 3 is 2.32 bits per heavy atom. The summed E-state index contributed by atoms with van der Waals surface area (Å²) >= 11 is 0. The maximum Gasteiger partial charge on any atom is 0.258 e. The fourth-order valence-electron chi connectivity index (χ4n) is 2.44. The Kier molecular flexibility index (Phi) is 4.29. The van der Waals surface area contributed by atoms with Crippen LogP contribution in [-0.4, -0.2) is 54.0 Å². The van der Waals surface area contributed by atoms with Crippen molar-refractivity contribution < 1.29 is 4.79 Å². The predicted molar refractivity (Wildman–Crippen MR) is 86.1 cm³/mol. The molecule has 3 rings (SSSR count). The highest BCUT2D eigenvalue weighted by molar-refractivity contribution is 6.03. The Morgan fingerprint density at radius 2 is 1.68 bits per heavy atom. The number of likely N-dealkylation sites (N-methyl/N-ethyl adjacent to an activating group) is 1. The third kappa shape index (κ3) is 3.40. The van der Waals surface area contributed by atoms with Crippen molar-refractivity contribution in [2.24, 2.45) is 0 Å². The van der Waals surface area contributed by atoms with Gasteiger partial charge in [-0.05, 0) is 31.3 Å². The molecule has 1 amide bonds. The van der Waals surface area contributed by atoms with Gasteiger partial charge in [0.05, 0.1) is 5.56 Å². The van der Waals surface area contributed by atoms with E-state index < -0.39 is 0 Å². The number of nitrogens with one attached hydrogen (secondary N) is 1. The second kappa shape index (κ2) is 6.53. The molecule has 0 spiro atoms. The average molecular weight is 297 g/mol. The van der Waals surface area contributed by atoms with Crippen molar-refractivity contribution in [2.45, 2.75) is 0 Å². The minimum atomic E-state index is -0.201. The lowest BCUT2D eigenvalue weighted by atomic mass is 10.2. The molecule has 1 saturated heterocycles. The molecule has 0 bridgehead atoms. The Bertz CT molecular complexity index is 621. The Labute approximate surface area is 129 Å². The van der Waals surface area contributed by atoms with Gasteiger partial charge in [-0.15, -0.1) is 0 Å². The first kappa shape index (κ1) is 14.5. The quantitative estimate of drug-likeness (QED) is 0.930. The molecule has 0 saturated carbocycles. The third-order valence-corrected chi connectivity index (χ3v) is 3.82. The molecule has 22 heavy (non-hydrogen) atoms. The van der Waals surface area contributed by atoms with Crippen molar-refractivity contribution >= 4 is 17.3 Å². The number of benzene rings is 1. The van der Waals surface area contributed by atoms with Crippen molar-refractivity contribution in [3.8, 4) is 0 Å². The summed E-state index contributed by atoms with van der Waals surface area (Å²) in [5, 5.41) is 2.85. The molecule has 2 heterocycles. The lowest BCUT2D eigenvalue weighted by Crippen LogP contribution is -2.44. The lowest BCUT2D eigenvalue weighted by molar-refractivity contribution is 0.102. The van der Waals surface area contributed by atoms with Crippen LogP contribution in [0.2, 0.25) is 0 Å². The van der Waals surface area contributed by atoms with Crippen molar-refractivity contribution in [2.75, 3.05) is 43.4 Å². The minimum Gasteiger partial charge on any atom is -0.369 e. The van der Waals surface area contributed by atoms with Gasteiger partial charge in [-0.2, -0.15) is 0 Å². The SMILES string of the molecule is CN1CCN(c2ccc(NC(=O)c3cncnc3)cc2)CC1. The molecule has 1 aromatic carbocycles. The average Bonchev–Trinajstić information content (AvgIpc) is 2.57. The summed E-state index contributed by atoms with van der Waals surface area (Å²) in [7, 11) is 2.14. The first-order valence-corrected chi connectivity index (χ1v) is 7.32. The second-order valence-corrected chi connectivity index (χ2v) is 5.42. The van der Waals surface area contributed by atoms with Gasteiger partial charge in [-0.3, -0.25) is 4.79 Å². The van der Waals surface area contributed by atoms with E-state index >= 15 is 0 Å². The van der Waals surface area contributed by atoms with Gasteiger partial charge in [0.15, 0.2) is 0 Å². The van der Waals surface area contributed by atoms with Crippen LogP contribution in [0.25, 0.3) is 0 Å². The number of nitrogens with zero attached hydrogens (tertiary/aromatic N) is 4. The fraction of sp³-hybridized carbons (Fsp3) is 0.312. The number of anilines is 2. The predicted octanol–water partition coefficient (Wildman–Crippen LogP) is 1.48. The second-order valence-electron chi connectivity index (χ2n) is 5.42. The summed E-state index contributed by atoms with van der Waals surface area (Å²) in [5.41, 5.74) is 2.41. The zero-order chi connectivity index (χ0) is 15.4. The highest BCUT2D eigenvalue weighted by atomic mass is 16.1. The molecule has 1 aliphatic rings. The van der Waals surface area contributed by atoms with Gasteiger partial charge in [0, 0.05) is 49.9 Å². The van der Waals surface area contributed by atoms with E-state index in [-0.39, 0.29) is 5.91 Å². The highest BCUT2D eigenvalue weighted by Crippen LogP contribution is 2.19. The van der Waals surface area contributed by atoms with Crippen molar-refractivity contribution in [3.63, 3.8) is 0 Å². The van der Waals surface area contributed by atoms with Gasteiger partial charge in [0.1, 0.15) is 6.33 Å². The molecule has 114 valence electrons. The third-order valence-electron chi connectivity index (χ3n) is 3.82. The van der Waals surface area contributed by atoms with E-state index in [1.807, 2.05) is 24.3 Å². The van der Waals surface area contributed by atoms with Crippen LogP contribution in [0.15, 0.2) is 43.0 Å². The van der Waals surface area contributed by atoms with Crippen LogP contribution in [0.3, 0.4) is 0 Å². The molecule has 1 fully saturated rings. The first-order chi connectivity index (χ1) is 10.7. The van der Waals surface area contributed by atoms with Gasteiger partial charge in [0.2, 0.25) is 0 Å². The molecular formula is C16H19N5O. The smallest absolute Gasteiger partial charge is 0.258 e. The number of piperazine rings is 1. The summed E-state index contributed by atoms with van der Waals surface area (Å²) in [5.74, 6) is -0.201. The number of carbonyl (C=O) groups excluding carboxylic acids is 1. The van der Waals surface area contributed by atoms with Crippen molar-refractivity contribution in [1.82, 2.24) is 14.9 Å². The number of hydrogen-bond donors (Lipinski definition) is 1. The number of rotatable bonds is 3. The van der Waals surface area contributed by atoms with Crippen LogP contribution in [0, 0.1) is 0 Å². The van der Waals surface area contributed by atoms with E-state index in [1.165, 1.54) is 24.4 Å². The molecule has 0 unspecified atom stereocenters. The standard InChI is InChI=1S/C16H19N5O/c1-20-6-8-21(9-7-20)15-4-2-14(3-5-15)19-16(22)13-10-17-12-18-11-13/h2-5,10-12H,6-9H2,1H3,(H,19,22). The topological polar surface area (TPSA) is 61.4 Å². The van der Waals surface area contributed by atoms with Crippen molar-refractivity contribution in [1.29, 1.82) is 0 Å². The summed E-state index contributed by atoms with van der Waals surface area (Å²) < 4.78 is 0. The molecule has 1 aliphatic heterocycles. The van der Waals surface area contributed by atoms with Gasteiger partial charge < -0.3 is 15.1 Å². The minimum absolute atomic E-state index is 0.201. The van der Waals surface area contributed by atoms with Crippen LogP contribution in [0.4, 0.5) is 11.4 Å². The first-order valence-electron chi connectivity index (χ1n) is 7.32. The Morgan fingerprint density at radius 1 is 1.05 bits per heavy atom. The van der Waals surface area contributed by atoms with Crippen LogP contribution >= 0.6 is 0 Å². The molecule has 0 atom stereocenters. The maximum absolute atomic E-state index is 12.0. The molecule has 1 aromatic heterocycles. The van der Waals surface area contributed by atoms with Crippen molar-refractivity contribution in [3.05, 3.63) is 48.5 Å². The van der Waals surface area contributed by atoms with Gasteiger partial charge in [-0.25, -0.2) is 9.97 Å². The van der Waals surface area contributed by atoms with Gasteiger partial charge in [-0.1, -0.05) is 0 Å². The fourth-order valence-corrected chi connectivity index (χ4v) is 2.44. The van der Waals surface area contributed by atoms with Crippen LogP contribution in [-0.2, 0) is 0 Å². The van der Waals surface area contributed by atoms with E-state index in [1.54, 1.807) is 0 Å². The normalized spacial score (nSPS) is 15.6. The number of carbonyl (C=O) groups is 1. The van der Waals surface area contributed by atoms with Crippen LogP contribution < -0.4 is 10.2 Å². The summed E-state index contributed by atoms with van der Waals surface area (Å²) in [6, 6.07) is 7.94. The summed E-state index contributed by atoms with van der Waals surface area (Å²) in [4.78, 5) is 24.4. The molecule has 1 N–H and O–H groups in total. The van der Waals surface area contributed by atoms with Crippen LogP contribution in [0.1, 0.15) is 10.4 Å². The lowest BCUT2D eigenvalue weighted by Gasteiger charge is -2.34. The zero-order valence-corrected chi connectivity index (χ0v) is 12.6. The zero-order valence-electron chi connectivity index (χ0n) is 12.6. The van der Waals surface area contributed by atoms with Gasteiger partial charge in [0.25, 0.3) is 5.91 Å². The molecule has 6 heteroatoms. The number of amides is 1. The molecular weight excluding hydrogens is 278 g/mol. The van der Waals surface area contributed by atoms with E-state index in [0.717, 1.165) is 31.9 Å². The molecule has 0 radical (unpaired) electrons. The molecule has 6 nitrogen and oxygen atoms in total. The van der Waals surface area contributed by atoms with E-state index in [4.69, 9.17) is 0 Å². The molecule has 0 aliphatic carbocycles. The summed E-state index contributed by atoms with van der Waals surface area (Å²) in [6.45, 7) is 4.21. The Hall–Kier alpha value is -2.47. The monoisotopic (exact) mass is 297 g/mol. The van der Waals surface area contributed by atoms with E-state index in [2.05, 4.69) is 32.1 Å². The van der Waals surface area contributed by atoms with Crippen LogP contribution in [0.5, 0.6) is 0 Å². The largest absolute Gasteiger partial charge is 0.369 e. The number of hydrogen-bond acceptors (Lipinski definition) is 5. The summed E-state index contributed by atoms with van der Waals surface area (Å²) in [6.07, 6.45) is 4.41. The number of aromatic nitrogens is 2.